The molecule has 3 aromatic rings. The predicted octanol–water partition coefficient (Wildman–Crippen LogP) is 6.57. The number of likely N-dealkylation sites (N-methyl/N-ethyl adjacent to an activating group) is 1. The molecule has 3 aromatic carbocycles. The molecule has 0 radical (unpaired) electrons. The Morgan fingerprint density at radius 1 is 0.880 bits per heavy atom. The third-order valence-electron chi connectivity index (χ3n) is 9.48. The number of hydrogen-bond acceptors (Lipinski definition) is 6. The fourth-order valence-electron chi connectivity index (χ4n) is 6.50. The highest BCUT2D eigenvalue weighted by molar-refractivity contribution is 5.95. The monoisotopic (exact) mass is 688 g/mol. The Kier molecular flexibility index (Phi) is 15.1. The maximum Gasteiger partial charge on any atom is 0.409 e. The van der Waals surface area contributed by atoms with Gasteiger partial charge in [-0.1, -0.05) is 55.0 Å². The minimum Gasteiger partial charge on any atom is -0.465 e. The zero-order valence-electron chi connectivity index (χ0n) is 29.7. The van der Waals surface area contributed by atoms with Crippen molar-refractivity contribution in [2.24, 2.45) is 0 Å². The number of carbonyl (C=O) groups is 3. The summed E-state index contributed by atoms with van der Waals surface area (Å²) in [4.78, 5) is 42.8. The van der Waals surface area contributed by atoms with Crippen LogP contribution in [0.5, 0.6) is 0 Å². The Hall–Kier alpha value is -4.48. The molecule has 0 unspecified atom stereocenters. The van der Waals surface area contributed by atoms with Crippen LogP contribution in [0.15, 0.2) is 66.7 Å². The van der Waals surface area contributed by atoms with E-state index in [9.17, 15) is 23.9 Å². The summed E-state index contributed by atoms with van der Waals surface area (Å²) in [5.74, 6) is -0.475. The van der Waals surface area contributed by atoms with Crippen LogP contribution < -0.4 is 16.0 Å². The SMILES string of the molecule is CNCCCN(C)C(=O)c1ccc(NCCCCCC(=O)N(C)CCN2CCC(c3cccc(-c4ccccc4)c3NC(=O)O)CC2)cc1F. The van der Waals surface area contributed by atoms with Crippen molar-refractivity contribution in [2.75, 3.05) is 77.6 Å². The van der Waals surface area contributed by atoms with Gasteiger partial charge in [-0.3, -0.25) is 14.9 Å². The van der Waals surface area contributed by atoms with E-state index in [1.807, 2.05) is 67.5 Å². The van der Waals surface area contributed by atoms with E-state index < -0.39 is 11.9 Å². The first-order valence-electron chi connectivity index (χ1n) is 17.8. The third kappa shape index (κ3) is 11.3. The van der Waals surface area contributed by atoms with Gasteiger partial charge in [-0.05, 0) is 94.0 Å². The third-order valence-corrected chi connectivity index (χ3v) is 9.48. The lowest BCUT2D eigenvalue weighted by Crippen LogP contribution is -2.40. The van der Waals surface area contributed by atoms with E-state index in [2.05, 4.69) is 20.9 Å². The molecule has 1 saturated heterocycles. The molecule has 270 valence electrons. The molecule has 0 bridgehead atoms. The van der Waals surface area contributed by atoms with Crippen molar-refractivity contribution in [3.63, 3.8) is 0 Å². The molecular weight excluding hydrogens is 635 g/mol. The van der Waals surface area contributed by atoms with Gasteiger partial charge in [-0.2, -0.15) is 0 Å². The van der Waals surface area contributed by atoms with Crippen LogP contribution in [0.1, 0.15) is 66.8 Å². The Balaban J connectivity index is 1.13. The van der Waals surface area contributed by atoms with Crippen LogP contribution in [0.3, 0.4) is 0 Å². The summed E-state index contributed by atoms with van der Waals surface area (Å²) < 4.78 is 14.7. The predicted molar refractivity (Wildman–Crippen MR) is 198 cm³/mol. The highest BCUT2D eigenvalue weighted by Gasteiger charge is 2.25. The number of para-hydroxylation sites is 1. The van der Waals surface area contributed by atoms with Gasteiger partial charge in [0.25, 0.3) is 5.91 Å². The Bertz CT molecular complexity index is 1550. The van der Waals surface area contributed by atoms with E-state index in [0.29, 0.717) is 37.4 Å². The van der Waals surface area contributed by atoms with Crippen molar-refractivity contribution in [1.29, 1.82) is 0 Å². The van der Waals surface area contributed by atoms with Gasteiger partial charge in [0.1, 0.15) is 5.82 Å². The van der Waals surface area contributed by atoms with Crippen LogP contribution in [-0.2, 0) is 4.79 Å². The normalized spacial score (nSPS) is 13.5. The fraction of sp³-hybridized carbons (Fsp3) is 0.462. The van der Waals surface area contributed by atoms with Crippen molar-refractivity contribution in [3.8, 4) is 11.1 Å². The maximum atomic E-state index is 14.7. The zero-order chi connectivity index (χ0) is 35.9. The van der Waals surface area contributed by atoms with Crippen molar-refractivity contribution in [3.05, 3.63) is 83.7 Å². The van der Waals surface area contributed by atoms with Crippen LogP contribution in [0.4, 0.5) is 20.6 Å². The molecule has 10 nitrogen and oxygen atoms in total. The first-order valence-corrected chi connectivity index (χ1v) is 17.8. The van der Waals surface area contributed by atoms with Gasteiger partial charge in [0.05, 0.1) is 11.3 Å². The van der Waals surface area contributed by atoms with Crippen LogP contribution in [-0.4, -0.2) is 105 Å². The minimum atomic E-state index is -1.07. The van der Waals surface area contributed by atoms with Crippen molar-refractivity contribution < 1.29 is 23.9 Å². The average Bonchev–Trinajstić information content (AvgIpc) is 3.12. The summed E-state index contributed by atoms with van der Waals surface area (Å²) in [5.41, 5.74) is 4.28. The Morgan fingerprint density at radius 3 is 2.34 bits per heavy atom. The summed E-state index contributed by atoms with van der Waals surface area (Å²) in [7, 11) is 5.40. The number of nitrogens with one attached hydrogen (secondary N) is 3. The number of nitrogens with zero attached hydrogens (tertiary/aromatic N) is 3. The van der Waals surface area contributed by atoms with Crippen LogP contribution >= 0.6 is 0 Å². The molecule has 0 aromatic heterocycles. The number of piperidine rings is 1. The summed E-state index contributed by atoms with van der Waals surface area (Å²) in [6, 6.07) is 20.5. The van der Waals surface area contributed by atoms with Gasteiger partial charge in [-0.25, -0.2) is 9.18 Å². The minimum absolute atomic E-state index is 0.0727. The average molecular weight is 689 g/mol. The first-order chi connectivity index (χ1) is 24.2. The van der Waals surface area contributed by atoms with E-state index in [-0.39, 0.29) is 23.3 Å². The quantitative estimate of drug-likeness (QED) is 0.112. The van der Waals surface area contributed by atoms with Gasteiger partial charge in [0, 0.05) is 57.9 Å². The lowest BCUT2D eigenvalue weighted by atomic mass is 9.86. The number of hydrogen-bond donors (Lipinski definition) is 4. The van der Waals surface area contributed by atoms with Crippen LogP contribution in [0, 0.1) is 5.82 Å². The number of likely N-dealkylation sites (tertiary alicyclic amines) is 1. The van der Waals surface area contributed by atoms with Gasteiger partial charge in [0.15, 0.2) is 0 Å². The largest absolute Gasteiger partial charge is 0.465 e. The molecule has 0 spiro atoms. The van der Waals surface area contributed by atoms with E-state index in [4.69, 9.17) is 0 Å². The molecule has 4 rings (SSSR count). The molecule has 0 aliphatic carbocycles. The molecule has 1 aliphatic heterocycles. The first kappa shape index (κ1) is 38.3. The van der Waals surface area contributed by atoms with E-state index in [1.165, 1.54) is 17.0 Å². The molecule has 4 N–H and O–H groups in total. The van der Waals surface area contributed by atoms with Gasteiger partial charge >= 0.3 is 6.09 Å². The molecule has 0 atom stereocenters. The van der Waals surface area contributed by atoms with E-state index >= 15 is 0 Å². The number of unbranched alkanes of at least 4 members (excludes halogenated alkanes) is 2. The molecular formula is C39H53FN6O4. The standard InChI is InChI=1S/C39H53FN6O4/c1-41-21-11-23-45(3)38(48)34-18-17-31(28-35(34)40)42-22-9-5-8-16-36(47)44(2)26-27-46-24-19-30(20-25-46)33-15-10-14-32(37(33)43-39(49)50)29-12-6-4-7-13-29/h4,6-7,10,12-15,17-18,28,30,41-43H,5,8-9,11,16,19-27H2,1-3H3,(H,49,50). The van der Waals surface area contributed by atoms with Gasteiger partial charge in [-0.15, -0.1) is 0 Å². The second-order valence-corrected chi connectivity index (χ2v) is 13.1. The highest BCUT2D eigenvalue weighted by Crippen LogP contribution is 2.39. The molecule has 3 amide bonds. The Labute approximate surface area is 296 Å². The number of carbonyl (C=O) groups excluding carboxylic acids is 2. The molecule has 1 heterocycles. The highest BCUT2D eigenvalue weighted by atomic mass is 19.1. The number of carboxylic acid groups (broad SMARTS) is 1. The summed E-state index contributed by atoms with van der Waals surface area (Å²) in [6.45, 7) is 5.24. The second kappa shape index (κ2) is 19.6. The summed E-state index contributed by atoms with van der Waals surface area (Å²) >= 11 is 0. The number of amides is 3. The number of halogens is 1. The lowest BCUT2D eigenvalue weighted by Gasteiger charge is -2.34. The molecule has 50 heavy (non-hydrogen) atoms. The topological polar surface area (TPSA) is 117 Å². The molecule has 1 fully saturated rings. The van der Waals surface area contributed by atoms with Gasteiger partial charge in [0.2, 0.25) is 5.91 Å². The van der Waals surface area contributed by atoms with Crippen LogP contribution in [0.2, 0.25) is 0 Å². The van der Waals surface area contributed by atoms with Crippen molar-refractivity contribution >= 4 is 29.3 Å². The molecule has 11 heteroatoms. The molecule has 1 aliphatic rings. The number of rotatable bonds is 18. The summed E-state index contributed by atoms with van der Waals surface area (Å²) in [6.07, 6.45) is 4.57. The van der Waals surface area contributed by atoms with Crippen LogP contribution in [0.25, 0.3) is 11.1 Å². The van der Waals surface area contributed by atoms with E-state index in [0.717, 1.165) is 81.4 Å². The van der Waals surface area contributed by atoms with Crippen molar-refractivity contribution in [2.45, 2.75) is 50.9 Å². The number of benzene rings is 3. The van der Waals surface area contributed by atoms with E-state index in [1.54, 1.807) is 13.1 Å². The summed E-state index contributed by atoms with van der Waals surface area (Å²) in [5, 5.41) is 18.5. The fourth-order valence-corrected chi connectivity index (χ4v) is 6.50. The maximum absolute atomic E-state index is 14.7. The second-order valence-electron chi connectivity index (χ2n) is 13.1. The Morgan fingerprint density at radius 2 is 1.64 bits per heavy atom. The zero-order valence-corrected chi connectivity index (χ0v) is 29.7. The van der Waals surface area contributed by atoms with Crippen molar-refractivity contribution in [1.82, 2.24) is 20.0 Å². The molecule has 0 saturated carbocycles. The van der Waals surface area contributed by atoms with Gasteiger partial charge < -0.3 is 30.4 Å². The smallest absolute Gasteiger partial charge is 0.409 e. The lowest BCUT2D eigenvalue weighted by molar-refractivity contribution is -0.130. The number of anilines is 2.